The maximum Gasteiger partial charge on any atom is 0.313 e. The fourth-order valence-electron chi connectivity index (χ4n) is 4.73. The van der Waals surface area contributed by atoms with E-state index >= 15 is 0 Å². The number of nitrogens with one attached hydrogen (secondary N) is 1. The predicted octanol–water partition coefficient (Wildman–Crippen LogP) is 5.24. The minimum Gasteiger partial charge on any atom is -0.449 e. The third kappa shape index (κ3) is 6.34. The lowest BCUT2D eigenvalue weighted by Crippen LogP contribution is -2.39. The summed E-state index contributed by atoms with van der Waals surface area (Å²) in [7, 11) is 0.154. The van der Waals surface area contributed by atoms with Crippen molar-refractivity contribution in [2.24, 2.45) is 5.92 Å². The largest absolute Gasteiger partial charge is 0.449 e. The first-order valence-electron chi connectivity index (χ1n) is 13.0. The molecule has 1 aliphatic rings. The molecule has 0 saturated carbocycles. The number of nitro groups is 1. The SMILES string of the molecule is CN(C)c1nc(N2CCC(CNS(=O)(=O)c3ccc(Oc4c(Cl)cccc4[N+](=O)[O-])cc3)CC2)nc2ccccc12. The van der Waals surface area contributed by atoms with Gasteiger partial charge in [0.05, 0.1) is 20.4 Å². The molecule has 0 amide bonds. The van der Waals surface area contributed by atoms with E-state index in [0.29, 0.717) is 12.5 Å². The third-order valence-electron chi connectivity index (χ3n) is 6.95. The number of fused-ring (bicyclic) bond motifs is 1. The van der Waals surface area contributed by atoms with Crippen LogP contribution in [0.4, 0.5) is 17.5 Å². The molecule has 0 bridgehead atoms. The van der Waals surface area contributed by atoms with E-state index in [1.165, 1.54) is 42.5 Å². The van der Waals surface area contributed by atoms with Gasteiger partial charge in [0.2, 0.25) is 21.7 Å². The van der Waals surface area contributed by atoms with Gasteiger partial charge in [-0.1, -0.05) is 29.8 Å². The molecule has 2 heterocycles. The maximum atomic E-state index is 13.0. The Kier molecular flexibility index (Phi) is 8.25. The van der Waals surface area contributed by atoms with Crippen LogP contribution in [-0.2, 0) is 10.0 Å². The molecule has 4 aromatic rings. The maximum absolute atomic E-state index is 13.0. The smallest absolute Gasteiger partial charge is 0.313 e. The number of hydrogen-bond donors (Lipinski definition) is 1. The van der Waals surface area contributed by atoms with Crippen LogP contribution in [0.3, 0.4) is 0 Å². The molecule has 5 rings (SSSR count). The van der Waals surface area contributed by atoms with Gasteiger partial charge in [0.1, 0.15) is 11.6 Å². The number of nitrogens with zero attached hydrogens (tertiary/aromatic N) is 5. The van der Waals surface area contributed by atoms with Crippen LogP contribution in [0, 0.1) is 16.0 Å². The van der Waals surface area contributed by atoms with Crippen LogP contribution in [-0.4, -0.2) is 57.0 Å². The number of benzene rings is 3. The number of halogens is 1. The van der Waals surface area contributed by atoms with Gasteiger partial charge in [-0.25, -0.2) is 18.1 Å². The van der Waals surface area contributed by atoms with Crippen LogP contribution in [0.1, 0.15) is 12.8 Å². The van der Waals surface area contributed by atoms with Crippen molar-refractivity contribution in [3.63, 3.8) is 0 Å². The second-order valence-electron chi connectivity index (χ2n) is 9.96. The zero-order valence-corrected chi connectivity index (χ0v) is 24.1. The molecule has 1 N–H and O–H groups in total. The molecule has 0 spiro atoms. The van der Waals surface area contributed by atoms with Crippen molar-refractivity contribution < 1.29 is 18.1 Å². The van der Waals surface area contributed by atoms with Gasteiger partial charge in [-0.2, -0.15) is 4.98 Å². The number of anilines is 2. The molecule has 11 nitrogen and oxygen atoms in total. The van der Waals surface area contributed by atoms with E-state index < -0.39 is 14.9 Å². The van der Waals surface area contributed by atoms with Crippen LogP contribution in [0.5, 0.6) is 11.5 Å². The van der Waals surface area contributed by atoms with Crippen molar-refractivity contribution >= 4 is 50.0 Å². The Bertz CT molecular complexity index is 1680. The first kappa shape index (κ1) is 28.5. The van der Waals surface area contributed by atoms with Gasteiger partial charge in [-0.3, -0.25) is 10.1 Å². The molecule has 1 saturated heterocycles. The quantitative estimate of drug-likeness (QED) is 0.203. The molecule has 1 aromatic heterocycles. The summed E-state index contributed by atoms with van der Waals surface area (Å²) in [5, 5.41) is 12.4. The van der Waals surface area contributed by atoms with Gasteiger partial charge < -0.3 is 14.5 Å². The number of aromatic nitrogens is 2. The predicted molar refractivity (Wildman–Crippen MR) is 159 cm³/mol. The molecule has 41 heavy (non-hydrogen) atoms. The van der Waals surface area contributed by atoms with Gasteiger partial charge >= 0.3 is 5.69 Å². The molecular formula is C28H29ClN6O5S. The highest BCUT2D eigenvalue weighted by Gasteiger charge is 2.25. The van der Waals surface area contributed by atoms with Crippen LogP contribution < -0.4 is 19.3 Å². The van der Waals surface area contributed by atoms with Crippen molar-refractivity contribution in [1.29, 1.82) is 0 Å². The third-order valence-corrected chi connectivity index (χ3v) is 8.69. The molecule has 13 heteroatoms. The number of rotatable bonds is 9. The highest BCUT2D eigenvalue weighted by molar-refractivity contribution is 7.89. The van der Waals surface area contributed by atoms with Crippen LogP contribution in [0.2, 0.25) is 5.02 Å². The van der Waals surface area contributed by atoms with Crippen LogP contribution in [0.15, 0.2) is 71.6 Å². The minimum absolute atomic E-state index is 0.0664. The number of piperidine rings is 1. The Labute approximate surface area is 242 Å². The van der Waals surface area contributed by atoms with Crippen molar-refractivity contribution in [3.8, 4) is 11.5 Å². The van der Waals surface area contributed by atoms with Crippen LogP contribution in [0.25, 0.3) is 10.9 Å². The number of hydrogen-bond acceptors (Lipinski definition) is 9. The van der Waals surface area contributed by atoms with Crippen molar-refractivity contribution in [3.05, 3.63) is 81.9 Å². The zero-order chi connectivity index (χ0) is 29.1. The van der Waals surface area contributed by atoms with E-state index in [0.717, 1.165) is 42.7 Å². The van der Waals surface area contributed by atoms with E-state index in [2.05, 4.69) is 9.62 Å². The fraction of sp³-hybridized carbons (Fsp3) is 0.286. The summed E-state index contributed by atoms with van der Waals surface area (Å²) < 4.78 is 34.2. The number of nitro benzene ring substituents is 1. The Morgan fingerprint density at radius 2 is 1.76 bits per heavy atom. The van der Waals surface area contributed by atoms with E-state index in [4.69, 9.17) is 26.3 Å². The van der Waals surface area contributed by atoms with Gasteiger partial charge in [-0.05, 0) is 61.2 Å². The summed E-state index contributed by atoms with van der Waals surface area (Å²) in [6.45, 7) is 1.75. The molecule has 3 aromatic carbocycles. The van der Waals surface area contributed by atoms with Crippen LogP contribution >= 0.6 is 11.6 Å². The zero-order valence-electron chi connectivity index (χ0n) is 22.5. The molecule has 0 atom stereocenters. The molecule has 0 unspecified atom stereocenters. The Morgan fingerprint density at radius 1 is 1.05 bits per heavy atom. The lowest BCUT2D eigenvalue weighted by Gasteiger charge is -2.32. The lowest BCUT2D eigenvalue weighted by molar-refractivity contribution is -0.385. The summed E-state index contributed by atoms with van der Waals surface area (Å²) in [5.74, 6) is 1.82. The van der Waals surface area contributed by atoms with Gasteiger partial charge in [-0.15, -0.1) is 0 Å². The summed E-state index contributed by atoms with van der Waals surface area (Å²) in [4.78, 5) is 24.5. The van der Waals surface area contributed by atoms with E-state index in [1.807, 2.05) is 43.3 Å². The molecule has 1 fully saturated rings. The van der Waals surface area contributed by atoms with Gasteiger partial charge in [0.15, 0.2) is 0 Å². The second-order valence-corrected chi connectivity index (χ2v) is 12.1. The normalized spacial score (nSPS) is 14.3. The summed E-state index contributed by atoms with van der Waals surface area (Å²) in [5.41, 5.74) is 0.602. The van der Waals surface area contributed by atoms with E-state index in [9.17, 15) is 18.5 Å². The number of sulfonamides is 1. The summed E-state index contributed by atoms with van der Waals surface area (Å²) >= 11 is 6.08. The van der Waals surface area contributed by atoms with Gasteiger partial charge in [0, 0.05) is 45.2 Å². The molecule has 214 valence electrons. The van der Waals surface area contributed by atoms with E-state index in [1.54, 1.807) is 0 Å². The Hall–Kier alpha value is -4.00. The monoisotopic (exact) mass is 596 g/mol. The summed E-state index contributed by atoms with van der Waals surface area (Å²) in [6, 6.07) is 17.8. The van der Waals surface area contributed by atoms with E-state index in [-0.39, 0.29) is 33.0 Å². The number of para-hydroxylation sites is 2. The average molecular weight is 597 g/mol. The molecule has 0 aliphatic carbocycles. The molecule has 0 radical (unpaired) electrons. The standard InChI is InChI=1S/C28H29ClN6O5S/c1-33(2)27-22-6-3-4-8-24(22)31-28(32-27)34-16-14-19(15-17-34)18-30-41(38,39)21-12-10-20(11-13-21)40-26-23(29)7-5-9-25(26)35(36)37/h3-13,19,30H,14-18H2,1-2H3. The highest BCUT2D eigenvalue weighted by Crippen LogP contribution is 2.38. The Morgan fingerprint density at radius 3 is 2.44 bits per heavy atom. The molecular weight excluding hydrogens is 568 g/mol. The highest BCUT2D eigenvalue weighted by atomic mass is 35.5. The second kappa shape index (κ2) is 11.9. The molecule has 1 aliphatic heterocycles. The first-order valence-corrected chi connectivity index (χ1v) is 14.9. The van der Waals surface area contributed by atoms with Gasteiger partial charge in [0.25, 0.3) is 0 Å². The van der Waals surface area contributed by atoms with Crippen molar-refractivity contribution in [1.82, 2.24) is 14.7 Å². The minimum atomic E-state index is -3.77. The topological polar surface area (TPSA) is 131 Å². The number of ether oxygens (including phenoxy) is 1. The van der Waals surface area contributed by atoms with Crippen molar-refractivity contribution in [2.45, 2.75) is 17.7 Å². The fourth-order valence-corrected chi connectivity index (χ4v) is 6.05. The first-order chi connectivity index (χ1) is 19.6. The Balaban J connectivity index is 1.19. The lowest BCUT2D eigenvalue weighted by atomic mass is 9.97. The van der Waals surface area contributed by atoms with Crippen molar-refractivity contribution in [2.75, 3.05) is 43.5 Å². The summed E-state index contributed by atoms with van der Waals surface area (Å²) in [6.07, 6.45) is 1.58. The average Bonchev–Trinajstić information content (AvgIpc) is 2.97.